The molecule has 0 fully saturated rings. The Bertz CT molecular complexity index is 1260. The van der Waals surface area contributed by atoms with Crippen LogP contribution in [0, 0.1) is 0 Å². The molecule has 0 saturated heterocycles. The zero-order valence-corrected chi connectivity index (χ0v) is 23.2. The number of alkyl halides is 9. The highest BCUT2D eigenvalue weighted by Gasteiger charge is 2.41. The first-order valence-corrected chi connectivity index (χ1v) is 12.4. The standard InChI is InChI=1S/C24H18Br2F10N2O2/c1-38(11-22(28,29)30)9-14(10-39)37-21(40)15-4-2-13(6-17(15)24(34,35)36)20(27)8-16(23(31,32)33)12-3-5-18(25)19(26)7-12/h2-8,10,14,16H,9,11H2,1H3,(H,37,40)/b20-8-. The minimum absolute atomic E-state index is 0.0204. The Morgan fingerprint density at radius 2 is 1.60 bits per heavy atom. The van der Waals surface area contributed by atoms with Gasteiger partial charge in [0.2, 0.25) is 0 Å². The molecule has 16 heteroatoms. The fourth-order valence-corrected chi connectivity index (χ4v) is 4.17. The van der Waals surface area contributed by atoms with E-state index in [0.29, 0.717) is 21.5 Å². The quantitative estimate of drug-likeness (QED) is 0.214. The highest BCUT2D eigenvalue weighted by Crippen LogP contribution is 2.41. The van der Waals surface area contributed by atoms with E-state index in [0.717, 1.165) is 19.2 Å². The van der Waals surface area contributed by atoms with Gasteiger partial charge in [0, 0.05) is 21.1 Å². The topological polar surface area (TPSA) is 49.4 Å². The van der Waals surface area contributed by atoms with Gasteiger partial charge < -0.3 is 10.1 Å². The number of carbonyl (C=O) groups excluding carboxylic acids is 2. The molecule has 2 atom stereocenters. The first-order valence-electron chi connectivity index (χ1n) is 10.8. The third-order valence-electron chi connectivity index (χ3n) is 5.25. The van der Waals surface area contributed by atoms with Gasteiger partial charge in [0.05, 0.1) is 23.7 Å². The second-order valence-electron chi connectivity index (χ2n) is 8.49. The molecule has 40 heavy (non-hydrogen) atoms. The summed E-state index contributed by atoms with van der Waals surface area (Å²) in [6.07, 6.45) is -14.9. The van der Waals surface area contributed by atoms with Crippen molar-refractivity contribution in [3.63, 3.8) is 0 Å². The molecule has 0 heterocycles. The van der Waals surface area contributed by atoms with Gasteiger partial charge in [-0.25, -0.2) is 4.39 Å². The number of aldehydes is 1. The number of likely N-dealkylation sites (N-methyl/N-ethyl adjacent to an activating group) is 1. The number of nitrogens with one attached hydrogen (secondary N) is 1. The molecule has 0 radical (unpaired) electrons. The van der Waals surface area contributed by atoms with Gasteiger partial charge in [-0.3, -0.25) is 9.69 Å². The number of benzene rings is 2. The van der Waals surface area contributed by atoms with Crippen LogP contribution in [0.5, 0.6) is 0 Å². The van der Waals surface area contributed by atoms with E-state index in [-0.39, 0.29) is 22.9 Å². The number of nitrogens with zero attached hydrogens (tertiary/aromatic N) is 1. The van der Waals surface area contributed by atoms with Crippen molar-refractivity contribution in [2.24, 2.45) is 0 Å². The van der Waals surface area contributed by atoms with Gasteiger partial charge in [0.1, 0.15) is 18.0 Å². The summed E-state index contributed by atoms with van der Waals surface area (Å²) in [5, 5.41) is 1.86. The Kier molecular flexibility index (Phi) is 11.0. The Balaban J connectivity index is 2.43. The molecular formula is C24H18Br2F10N2O2. The van der Waals surface area contributed by atoms with E-state index < -0.39 is 77.6 Å². The van der Waals surface area contributed by atoms with Crippen molar-refractivity contribution in [2.45, 2.75) is 30.5 Å². The molecule has 0 saturated carbocycles. The van der Waals surface area contributed by atoms with Crippen molar-refractivity contribution in [3.8, 4) is 0 Å². The minimum atomic E-state index is -5.30. The molecule has 2 aromatic carbocycles. The second-order valence-corrected chi connectivity index (χ2v) is 10.2. The molecule has 2 aromatic rings. The summed E-state index contributed by atoms with van der Waals surface area (Å²) in [4.78, 5) is 24.4. The average Bonchev–Trinajstić information content (AvgIpc) is 2.80. The molecule has 0 spiro atoms. The highest BCUT2D eigenvalue weighted by molar-refractivity contribution is 9.13. The van der Waals surface area contributed by atoms with Crippen molar-refractivity contribution in [1.29, 1.82) is 0 Å². The Morgan fingerprint density at radius 1 is 0.975 bits per heavy atom. The van der Waals surface area contributed by atoms with Crippen molar-refractivity contribution < 1.29 is 53.5 Å². The number of halogens is 12. The van der Waals surface area contributed by atoms with Gasteiger partial charge in [0.15, 0.2) is 0 Å². The molecule has 220 valence electrons. The maximum absolute atomic E-state index is 15.0. The van der Waals surface area contributed by atoms with Gasteiger partial charge in [-0.15, -0.1) is 0 Å². The van der Waals surface area contributed by atoms with Gasteiger partial charge in [-0.1, -0.05) is 12.1 Å². The van der Waals surface area contributed by atoms with E-state index in [2.05, 4.69) is 31.9 Å². The van der Waals surface area contributed by atoms with Crippen LogP contribution >= 0.6 is 31.9 Å². The Hall–Kier alpha value is -2.46. The molecule has 4 nitrogen and oxygen atoms in total. The summed E-state index contributed by atoms with van der Waals surface area (Å²) in [5.41, 5.74) is -4.21. The predicted octanol–water partition coefficient (Wildman–Crippen LogP) is 7.68. The van der Waals surface area contributed by atoms with Gasteiger partial charge in [-0.05, 0) is 74.8 Å². The molecule has 0 aliphatic rings. The largest absolute Gasteiger partial charge is 0.417 e. The van der Waals surface area contributed by atoms with Crippen LogP contribution in [0.25, 0.3) is 5.83 Å². The summed E-state index contributed by atoms with van der Waals surface area (Å²) >= 11 is 6.11. The lowest BCUT2D eigenvalue weighted by Crippen LogP contribution is -2.46. The summed E-state index contributed by atoms with van der Waals surface area (Å²) < 4.78 is 136. The first kappa shape index (κ1) is 33.7. The summed E-state index contributed by atoms with van der Waals surface area (Å²) in [7, 11) is 0.961. The van der Waals surface area contributed by atoms with Gasteiger partial charge in [-0.2, -0.15) is 39.5 Å². The van der Waals surface area contributed by atoms with Crippen LogP contribution in [-0.4, -0.2) is 55.6 Å². The molecule has 1 N–H and O–H groups in total. The van der Waals surface area contributed by atoms with E-state index in [1.807, 2.05) is 5.32 Å². The number of amides is 1. The third-order valence-corrected chi connectivity index (χ3v) is 7.13. The number of rotatable bonds is 9. The Morgan fingerprint density at radius 3 is 2.10 bits per heavy atom. The molecule has 0 aromatic heterocycles. The molecule has 2 rings (SSSR count). The van der Waals surface area contributed by atoms with E-state index in [9.17, 15) is 53.5 Å². The van der Waals surface area contributed by atoms with Crippen LogP contribution in [0.1, 0.15) is 33.0 Å². The van der Waals surface area contributed by atoms with Crippen molar-refractivity contribution in [2.75, 3.05) is 20.1 Å². The molecule has 0 bridgehead atoms. The third kappa shape index (κ3) is 9.58. The van der Waals surface area contributed by atoms with Crippen LogP contribution in [-0.2, 0) is 11.0 Å². The molecule has 1 amide bonds. The highest BCUT2D eigenvalue weighted by atomic mass is 79.9. The van der Waals surface area contributed by atoms with Gasteiger partial charge in [0.25, 0.3) is 5.91 Å². The van der Waals surface area contributed by atoms with E-state index in [1.54, 1.807) is 0 Å². The zero-order valence-electron chi connectivity index (χ0n) is 20.0. The maximum Gasteiger partial charge on any atom is 0.417 e. The van der Waals surface area contributed by atoms with E-state index in [4.69, 9.17) is 0 Å². The average molecular weight is 716 g/mol. The van der Waals surface area contributed by atoms with Crippen LogP contribution in [0.3, 0.4) is 0 Å². The van der Waals surface area contributed by atoms with E-state index >= 15 is 0 Å². The van der Waals surface area contributed by atoms with Crippen molar-refractivity contribution >= 4 is 49.9 Å². The maximum atomic E-state index is 15.0. The van der Waals surface area contributed by atoms with Crippen LogP contribution in [0.2, 0.25) is 0 Å². The lowest BCUT2D eigenvalue weighted by Gasteiger charge is -2.23. The fraction of sp³-hybridized carbons (Fsp3) is 0.333. The van der Waals surface area contributed by atoms with Crippen molar-refractivity contribution in [3.05, 3.63) is 73.7 Å². The van der Waals surface area contributed by atoms with Crippen LogP contribution in [0.15, 0.2) is 51.4 Å². The van der Waals surface area contributed by atoms with Crippen LogP contribution in [0.4, 0.5) is 43.9 Å². The predicted molar refractivity (Wildman–Crippen MR) is 132 cm³/mol. The monoisotopic (exact) mass is 714 g/mol. The minimum Gasteiger partial charge on any atom is -0.341 e. The summed E-state index contributed by atoms with van der Waals surface area (Å²) in [6.45, 7) is -2.17. The lowest BCUT2D eigenvalue weighted by atomic mass is 9.95. The van der Waals surface area contributed by atoms with Crippen molar-refractivity contribution in [1.82, 2.24) is 10.2 Å². The summed E-state index contributed by atoms with van der Waals surface area (Å²) in [5.74, 6) is -5.73. The fourth-order valence-electron chi connectivity index (χ4n) is 3.53. The lowest BCUT2D eigenvalue weighted by molar-refractivity contribution is -0.144. The second kappa shape index (κ2) is 13.0. The molecular weight excluding hydrogens is 698 g/mol. The number of carbonyl (C=O) groups is 2. The number of hydrogen-bond donors (Lipinski definition) is 1. The summed E-state index contributed by atoms with van der Waals surface area (Å²) in [6, 6.07) is 2.95. The number of hydrogen-bond acceptors (Lipinski definition) is 3. The van der Waals surface area contributed by atoms with E-state index in [1.165, 1.54) is 6.07 Å². The Labute approximate surface area is 237 Å². The van der Waals surface area contributed by atoms with Crippen LogP contribution < -0.4 is 5.32 Å². The normalized spacial score (nSPS) is 14.7. The molecule has 0 aliphatic heterocycles. The van der Waals surface area contributed by atoms with Gasteiger partial charge >= 0.3 is 18.5 Å². The zero-order chi connectivity index (χ0) is 30.6. The SMILES string of the molecule is CN(CC(C=O)NC(=O)c1ccc(/C(F)=C/C(c2ccc(Br)c(Br)c2)C(F)(F)F)cc1C(F)(F)F)CC(F)(F)F. The molecule has 0 aliphatic carbocycles. The smallest absolute Gasteiger partial charge is 0.341 e. The number of allylic oxidation sites excluding steroid dienone is 1. The molecule has 2 unspecified atom stereocenters. The first-order chi connectivity index (χ1) is 18.2.